The molecule has 0 aromatic heterocycles. The first-order valence-corrected chi connectivity index (χ1v) is 10.0. The van der Waals surface area contributed by atoms with Crippen LogP contribution in [0.25, 0.3) is 0 Å². The minimum Gasteiger partial charge on any atom is -0.356 e. The van der Waals surface area contributed by atoms with Crippen molar-refractivity contribution >= 4 is 11.7 Å². The first-order chi connectivity index (χ1) is 12.5. The van der Waals surface area contributed by atoms with Crippen molar-refractivity contribution in [2.24, 2.45) is 5.92 Å². The summed E-state index contributed by atoms with van der Waals surface area (Å²) in [4.78, 5) is 24.3. The van der Waals surface area contributed by atoms with E-state index in [-0.39, 0.29) is 17.9 Å². The molecule has 1 aromatic carbocycles. The molecule has 0 saturated heterocycles. The molecule has 1 aromatic rings. The molecule has 0 radical (unpaired) electrons. The predicted octanol–water partition coefficient (Wildman–Crippen LogP) is 3.81. The number of Topliss-reactive ketones (excluding diaryl/α,β-unsaturated/α-hetero) is 1. The molecule has 0 bridgehead atoms. The number of hydrogen-bond donors (Lipinski definition) is 2. The van der Waals surface area contributed by atoms with Crippen LogP contribution in [0.5, 0.6) is 0 Å². The third kappa shape index (κ3) is 8.61. The lowest BCUT2D eigenvalue weighted by Gasteiger charge is -2.19. The van der Waals surface area contributed by atoms with Gasteiger partial charge in [-0.3, -0.25) is 9.59 Å². The number of aryl methyl sites for hydroxylation is 2. The smallest absolute Gasteiger partial charge is 0.220 e. The van der Waals surface area contributed by atoms with Gasteiger partial charge in [0, 0.05) is 18.9 Å². The first-order valence-electron chi connectivity index (χ1n) is 10.0. The standard InChI is InChI=1S/C22H36N2O2/c1-5-8-18(3)22(26)20(23-4)10-7-16-24-21(25)11-6-9-19-14-12-17(2)13-15-19/h12-15,18,20,23H,5-11,16H2,1-4H3,(H,24,25). The van der Waals surface area contributed by atoms with E-state index in [1.54, 1.807) is 0 Å². The molecule has 0 fully saturated rings. The van der Waals surface area contributed by atoms with Crippen LogP contribution in [-0.2, 0) is 16.0 Å². The van der Waals surface area contributed by atoms with Crippen molar-refractivity contribution in [3.8, 4) is 0 Å². The Labute approximate surface area is 159 Å². The van der Waals surface area contributed by atoms with Crippen LogP contribution in [0.1, 0.15) is 63.5 Å². The Morgan fingerprint density at radius 1 is 1.08 bits per heavy atom. The van der Waals surface area contributed by atoms with Crippen molar-refractivity contribution < 1.29 is 9.59 Å². The number of benzene rings is 1. The summed E-state index contributed by atoms with van der Waals surface area (Å²) >= 11 is 0. The fraction of sp³-hybridized carbons (Fsp3) is 0.636. The van der Waals surface area contributed by atoms with Crippen molar-refractivity contribution in [2.45, 2.75) is 71.8 Å². The lowest BCUT2D eigenvalue weighted by molar-refractivity contribution is -0.124. The van der Waals surface area contributed by atoms with Crippen molar-refractivity contribution in [1.82, 2.24) is 10.6 Å². The molecule has 146 valence electrons. The molecular formula is C22H36N2O2. The highest BCUT2D eigenvalue weighted by molar-refractivity contribution is 5.85. The summed E-state index contributed by atoms with van der Waals surface area (Å²) in [5.74, 6) is 0.497. The van der Waals surface area contributed by atoms with Crippen LogP contribution in [0.15, 0.2) is 24.3 Å². The SMILES string of the molecule is CCCC(C)C(=O)C(CCCNC(=O)CCCc1ccc(C)cc1)NC. The second-order valence-electron chi connectivity index (χ2n) is 7.26. The third-order valence-corrected chi connectivity index (χ3v) is 4.88. The zero-order chi connectivity index (χ0) is 19.4. The molecule has 0 saturated carbocycles. The number of hydrogen-bond acceptors (Lipinski definition) is 3. The van der Waals surface area contributed by atoms with E-state index < -0.39 is 0 Å². The number of amides is 1. The second kappa shape index (κ2) is 12.6. The molecule has 0 aliphatic rings. The Morgan fingerprint density at radius 2 is 1.77 bits per heavy atom. The van der Waals surface area contributed by atoms with E-state index in [0.29, 0.717) is 18.7 Å². The minimum atomic E-state index is -0.102. The van der Waals surface area contributed by atoms with Gasteiger partial charge in [0.05, 0.1) is 6.04 Å². The Bertz CT molecular complexity index is 540. The number of carbonyl (C=O) groups excluding carboxylic acids is 2. The Kier molecular flexibility index (Phi) is 10.9. The van der Waals surface area contributed by atoms with Crippen LogP contribution >= 0.6 is 0 Å². The monoisotopic (exact) mass is 360 g/mol. The quantitative estimate of drug-likeness (QED) is 0.526. The van der Waals surface area contributed by atoms with Gasteiger partial charge in [0.2, 0.25) is 5.91 Å². The van der Waals surface area contributed by atoms with Gasteiger partial charge in [-0.2, -0.15) is 0 Å². The van der Waals surface area contributed by atoms with E-state index in [4.69, 9.17) is 0 Å². The molecule has 2 unspecified atom stereocenters. The highest BCUT2D eigenvalue weighted by atomic mass is 16.1. The largest absolute Gasteiger partial charge is 0.356 e. The summed E-state index contributed by atoms with van der Waals surface area (Å²) < 4.78 is 0. The summed E-state index contributed by atoms with van der Waals surface area (Å²) in [6, 6.07) is 8.37. The first kappa shape index (κ1) is 22.4. The van der Waals surface area contributed by atoms with E-state index in [2.05, 4.69) is 48.7 Å². The van der Waals surface area contributed by atoms with Crippen LogP contribution in [-0.4, -0.2) is 31.3 Å². The van der Waals surface area contributed by atoms with Gasteiger partial charge in [-0.15, -0.1) is 0 Å². The summed E-state index contributed by atoms with van der Waals surface area (Å²) in [6.07, 6.45) is 5.90. The lowest BCUT2D eigenvalue weighted by atomic mass is 9.93. The van der Waals surface area contributed by atoms with Gasteiger partial charge in [-0.25, -0.2) is 0 Å². The van der Waals surface area contributed by atoms with Gasteiger partial charge in [-0.05, 0) is 51.6 Å². The van der Waals surface area contributed by atoms with Crippen LogP contribution in [0, 0.1) is 12.8 Å². The van der Waals surface area contributed by atoms with E-state index in [9.17, 15) is 9.59 Å². The Balaban J connectivity index is 2.18. The number of ketones is 1. The predicted molar refractivity (Wildman–Crippen MR) is 108 cm³/mol. The molecule has 1 amide bonds. The molecule has 0 aliphatic heterocycles. The number of rotatable bonds is 13. The van der Waals surface area contributed by atoms with E-state index in [0.717, 1.165) is 38.5 Å². The van der Waals surface area contributed by atoms with Gasteiger partial charge < -0.3 is 10.6 Å². The average Bonchev–Trinajstić information content (AvgIpc) is 2.63. The zero-order valence-corrected chi connectivity index (χ0v) is 16.9. The van der Waals surface area contributed by atoms with Crippen LogP contribution in [0.2, 0.25) is 0 Å². The normalized spacial score (nSPS) is 13.2. The molecule has 2 atom stereocenters. The van der Waals surface area contributed by atoms with Crippen molar-refractivity contribution in [3.63, 3.8) is 0 Å². The van der Waals surface area contributed by atoms with Gasteiger partial charge in [0.25, 0.3) is 0 Å². The van der Waals surface area contributed by atoms with Gasteiger partial charge >= 0.3 is 0 Å². The van der Waals surface area contributed by atoms with Crippen LogP contribution < -0.4 is 10.6 Å². The molecule has 0 aliphatic carbocycles. The van der Waals surface area contributed by atoms with Gasteiger partial charge in [0.15, 0.2) is 5.78 Å². The Hall–Kier alpha value is -1.68. The molecule has 26 heavy (non-hydrogen) atoms. The molecule has 4 heteroatoms. The average molecular weight is 361 g/mol. The van der Waals surface area contributed by atoms with E-state index >= 15 is 0 Å². The Morgan fingerprint density at radius 3 is 2.38 bits per heavy atom. The van der Waals surface area contributed by atoms with Gasteiger partial charge in [-0.1, -0.05) is 50.1 Å². The third-order valence-electron chi connectivity index (χ3n) is 4.88. The van der Waals surface area contributed by atoms with E-state index in [1.807, 2.05) is 14.0 Å². The highest BCUT2D eigenvalue weighted by Crippen LogP contribution is 2.12. The maximum absolute atomic E-state index is 12.3. The number of carbonyl (C=O) groups is 2. The molecule has 1 rings (SSSR count). The highest BCUT2D eigenvalue weighted by Gasteiger charge is 2.21. The van der Waals surface area contributed by atoms with Crippen molar-refractivity contribution in [2.75, 3.05) is 13.6 Å². The molecule has 0 spiro atoms. The summed E-state index contributed by atoms with van der Waals surface area (Å²) in [5, 5.41) is 6.10. The fourth-order valence-electron chi connectivity index (χ4n) is 3.18. The zero-order valence-electron chi connectivity index (χ0n) is 16.9. The minimum absolute atomic E-state index is 0.101. The molecular weight excluding hydrogens is 324 g/mol. The van der Waals surface area contributed by atoms with Crippen LogP contribution in [0.4, 0.5) is 0 Å². The van der Waals surface area contributed by atoms with Crippen molar-refractivity contribution in [3.05, 3.63) is 35.4 Å². The lowest BCUT2D eigenvalue weighted by Crippen LogP contribution is -2.38. The van der Waals surface area contributed by atoms with Crippen molar-refractivity contribution in [1.29, 1.82) is 0 Å². The summed E-state index contributed by atoms with van der Waals surface area (Å²) in [5.41, 5.74) is 2.54. The molecule has 0 heterocycles. The van der Waals surface area contributed by atoms with Gasteiger partial charge in [0.1, 0.15) is 0 Å². The second-order valence-corrected chi connectivity index (χ2v) is 7.26. The number of likely N-dealkylation sites (N-methyl/N-ethyl adjacent to an activating group) is 1. The topological polar surface area (TPSA) is 58.2 Å². The molecule has 4 nitrogen and oxygen atoms in total. The number of nitrogens with one attached hydrogen (secondary N) is 2. The molecule has 2 N–H and O–H groups in total. The van der Waals surface area contributed by atoms with E-state index in [1.165, 1.54) is 11.1 Å². The maximum Gasteiger partial charge on any atom is 0.220 e. The summed E-state index contributed by atoms with van der Waals surface area (Å²) in [7, 11) is 1.84. The van der Waals surface area contributed by atoms with Crippen LogP contribution in [0.3, 0.4) is 0 Å². The fourth-order valence-corrected chi connectivity index (χ4v) is 3.18. The summed E-state index contributed by atoms with van der Waals surface area (Å²) in [6.45, 7) is 6.82. The maximum atomic E-state index is 12.3.